The molecule has 3 aliphatic heterocycles. The van der Waals surface area contributed by atoms with Crippen LogP contribution in [0.15, 0.2) is 42.5 Å². The van der Waals surface area contributed by atoms with Gasteiger partial charge in [0.25, 0.3) is 0 Å². The molecule has 3 aliphatic rings. The zero-order valence-corrected chi connectivity index (χ0v) is 18.5. The number of ether oxygens (including phenoxy) is 2. The molecule has 1 N–H and O–H groups in total. The smallest absolute Gasteiger partial charge is 0.244 e. The van der Waals surface area contributed by atoms with Crippen LogP contribution in [0.5, 0.6) is 11.5 Å². The Labute approximate surface area is 188 Å². The van der Waals surface area contributed by atoms with Crippen LogP contribution >= 0.6 is 0 Å². The Kier molecular flexibility index (Phi) is 5.51. The highest BCUT2D eigenvalue weighted by atomic mass is 16.7. The predicted molar refractivity (Wildman–Crippen MR) is 122 cm³/mol. The third-order valence-electron chi connectivity index (χ3n) is 6.89. The van der Waals surface area contributed by atoms with Crippen LogP contribution in [0, 0.1) is 5.92 Å². The number of hydrogen-bond donors (Lipinski definition) is 1. The summed E-state index contributed by atoms with van der Waals surface area (Å²) in [6, 6.07) is 13.6. The van der Waals surface area contributed by atoms with Crippen molar-refractivity contribution in [1.29, 1.82) is 0 Å². The van der Waals surface area contributed by atoms with Crippen molar-refractivity contribution in [3.8, 4) is 11.5 Å². The van der Waals surface area contributed by atoms with E-state index < -0.39 is 0 Å². The van der Waals surface area contributed by atoms with Gasteiger partial charge in [-0.25, -0.2) is 0 Å². The first kappa shape index (κ1) is 20.8. The summed E-state index contributed by atoms with van der Waals surface area (Å²) in [5.74, 6) is 1.45. The van der Waals surface area contributed by atoms with Gasteiger partial charge in [0.05, 0.1) is 6.04 Å². The van der Waals surface area contributed by atoms with Gasteiger partial charge in [0.1, 0.15) is 0 Å². The first-order valence-electron chi connectivity index (χ1n) is 11.4. The van der Waals surface area contributed by atoms with E-state index in [0.29, 0.717) is 17.2 Å². The average Bonchev–Trinajstić information content (AvgIpc) is 3.41. The molecule has 0 aliphatic carbocycles. The van der Waals surface area contributed by atoms with E-state index in [0.717, 1.165) is 38.0 Å². The lowest BCUT2D eigenvalue weighted by Gasteiger charge is -2.37. The van der Waals surface area contributed by atoms with Gasteiger partial charge in [-0.2, -0.15) is 0 Å². The van der Waals surface area contributed by atoms with Gasteiger partial charge in [0, 0.05) is 29.4 Å². The van der Waals surface area contributed by atoms with E-state index >= 15 is 0 Å². The summed E-state index contributed by atoms with van der Waals surface area (Å²) in [7, 11) is 0. The molecule has 2 aromatic rings. The number of benzene rings is 2. The number of anilines is 2. The molecule has 168 valence electrons. The van der Waals surface area contributed by atoms with Crippen LogP contribution in [0.3, 0.4) is 0 Å². The number of fused-ring (bicyclic) bond motifs is 2. The maximum absolute atomic E-state index is 13.4. The number of likely N-dealkylation sites (tertiary alicyclic amines) is 1. The highest BCUT2D eigenvalue weighted by Crippen LogP contribution is 2.35. The molecule has 5 rings (SSSR count). The fourth-order valence-corrected chi connectivity index (χ4v) is 5.03. The average molecular weight is 436 g/mol. The molecule has 7 nitrogen and oxygen atoms in total. The van der Waals surface area contributed by atoms with Crippen molar-refractivity contribution in [3.63, 3.8) is 0 Å². The van der Waals surface area contributed by atoms with Crippen LogP contribution in [-0.2, 0) is 16.0 Å². The summed E-state index contributed by atoms with van der Waals surface area (Å²) in [5.41, 5.74) is 2.99. The molecule has 3 heterocycles. The number of carbonyl (C=O) groups is 2. The van der Waals surface area contributed by atoms with Gasteiger partial charge in [-0.05, 0) is 70.0 Å². The van der Waals surface area contributed by atoms with Crippen LogP contribution < -0.4 is 19.7 Å². The van der Waals surface area contributed by atoms with Crippen molar-refractivity contribution < 1.29 is 19.1 Å². The molecule has 0 saturated carbocycles. The van der Waals surface area contributed by atoms with E-state index in [-0.39, 0.29) is 36.6 Å². The normalized spacial score (nSPS) is 21.3. The highest BCUT2D eigenvalue weighted by molar-refractivity contribution is 5.99. The van der Waals surface area contributed by atoms with Crippen molar-refractivity contribution in [1.82, 2.24) is 4.90 Å². The van der Waals surface area contributed by atoms with Gasteiger partial charge in [-0.15, -0.1) is 0 Å². The Morgan fingerprint density at radius 2 is 1.81 bits per heavy atom. The zero-order valence-electron chi connectivity index (χ0n) is 18.5. The van der Waals surface area contributed by atoms with E-state index in [1.54, 1.807) is 6.07 Å². The summed E-state index contributed by atoms with van der Waals surface area (Å²) in [5, 5.41) is 3.00. The molecular weight excluding hydrogens is 406 g/mol. The number of amides is 2. The molecule has 0 unspecified atom stereocenters. The van der Waals surface area contributed by atoms with Crippen molar-refractivity contribution in [3.05, 3.63) is 48.0 Å². The van der Waals surface area contributed by atoms with Gasteiger partial charge >= 0.3 is 0 Å². The second-order valence-corrected chi connectivity index (χ2v) is 8.93. The molecule has 2 amide bonds. The Morgan fingerprint density at radius 1 is 1.06 bits per heavy atom. The highest BCUT2D eigenvalue weighted by Gasteiger charge is 2.36. The molecule has 1 saturated heterocycles. The van der Waals surface area contributed by atoms with E-state index in [2.05, 4.69) is 23.2 Å². The third-order valence-corrected chi connectivity index (χ3v) is 6.89. The number of carbonyl (C=O) groups excluding carboxylic acids is 2. The number of nitrogens with zero attached hydrogens (tertiary/aromatic N) is 2. The maximum Gasteiger partial charge on any atom is 0.244 e. The lowest BCUT2D eigenvalue weighted by atomic mass is 9.94. The second-order valence-electron chi connectivity index (χ2n) is 8.93. The first-order chi connectivity index (χ1) is 15.5. The molecule has 32 heavy (non-hydrogen) atoms. The number of rotatable bonds is 4. The van der Waals surface area contributed by atoms with Gasteiger partial charge in [0.2, 0.25) is 18.6 Å². The molecular formula is C25H29N3O4. The molecule has 1 fully saturated rings. The fourth-order valence-electron chi connectivity index (χ4n) is 5.03. The second kappa shape index (κ2) is 8.47. The summed E-state index contributed by atoms with van der Waals surface area (Å²) in [6.07, 6.45) is 2.37. The Bertz CT molecular complexity index is 1030. The number of piperidine rings is 1. The lowest BCUT2D eigenvalue weighted by Crippen LogP contribution is -2.52. The van der Waals surface area contributed by atoms with Crippen LogP contribution in [-0.4, -0.2) is 48.7 Å². The zero-order chi connectivity index (χ0) is 22.2. The van der Waals surface area contributed by atoms with E-state index in [1.807, 2.05) is 42.2 Å². The standard InChI is InChI=1S/C25H29N3O4/c1-16-13-19-5-3-4-6-21(19)28(16)25(30)17(2)27-11-9-18(10-12-27)24(29)26-20-7-8-22-23(14-20)32-15-31-22/h3-8,14,16-18H,9-13,15H2,1-2H3,(H,26,29)/t16-,17-/m1/s1. The minimum absolute atomic E-state index is 0.0181. The van der Waals surface area contributed by atoms with E-state index in [4.69, 9.17) is 9.47 Å². The van der Waals surface area contributed by atoms with Gasteiger partial charge in [-0.3, -0.25) is 14.5 Å². The van der Waals surface area contributed by atoms with E-state index in [9.17, 15) is 9.59 Å². The summed E-state index contributed by atoms with van der Waals surface area (Å²) in [6.45, 7) is 5.77. The van der Waals surface area contributed by atoms with E-state index in [1.165, 1.54) is 5.56 Å². The lowest BCUT2D eigenvalue weighted by molar-refractivity contribution is -0.125. The Hall–Kier alpha value is -3.06. The number of nitrogens with one attached hydrogen (secondary N) is 1. The first-order valence-corrected chi connectivity index (χ1v) is 11.4. The van der Waals surface area contributed by atoms with Crippen molar-refractivity contribution in [2.24, 2.45) is 5.92 Å². The van der Waals surface area contributed by atoms with Crippen molar-refractivity contribution in [2.75, 3.05) is 30.1 Å². The Balaban J connectivity index is 1.17. The molecule has 7 heteroatoms. The molecule has 0 spiro atoms. The van der Waals surface area contributed by atoms with Crippen LogP contribution in [0.1, 0.15) is 32.3 Å². The van der Waals surface area contributed by atoms with Crippen LogP contribution in [0.4, 0.5) is 11.4 Å². The minimum atomic E-state index is -0.207. The van der Waals surface area contributed by atoms with Crippen LogP contribution in [0.2, 0.25) is 0 Å². The topological polar surface area (TPSA) is 71.1 Å². The quantitative estimate of drug-likeness (QED) is 0.797. The fraction of sp³-hybridized carbons (Fsp3) is 0.440. The number of hydrogen-bond acceptors (Lipinski definition) is 5. The molecule has 2 aromatic carbocycles. The minimum Gasteiger partial charge on any atom is -0.454 e. The molecule has 2 atom stereocenters. The molecule has 0 radical (unpaired) electrons. The summed E-state index contributed by atoms with van der Waals surface area (Å²) in [4.78, 5) is 30.3. The Morgan fingerprint density at radius 3 is 2.62 bits per heavy atom. The summed E-state index contributed by atoms with van der Waals surface area (Å²) >= 11 is 0. The largest absolute Gasteiger partial charge is 0.454 e. The third kappa shape index (κ3) is 3.81. The maximum atomic E-state index is 13.4. The van der Waals surface area contributed by atoms with Gasteiger partial charge in [0.15, 0.2) is 11.5 Å². The molecule has 0 aromatic heterocycles. The van der Waals surface area contributed by atoms with Crippen LogP contribution in [0.25, 0.3) is 0 Å². The summed E-state index contributed by atoms with van der Waals surface area (Å²) < 4.78 is 10.7. The van der Waals surface area contributed by atoms with Gasteiger partial charge in [-0.1, -0.05) is 18.2 Å². The van der Waals surface area contributed by atoms with Crippen molar-refractivity contribution in [2.45, 2.75) is 45.2 Å². The molecule has 0 bridgehead atoms. The van der Waals surface area contributed by atoms with Crippen molar-refractivity contribution >= 4 is 23.2 Å². The SMILES string of the molecule is C[C@H](C(=O)N1c2ccccc2C[C@H]1C)N1CCC(C(=O)Nc2ccc3c(c2)OCO3)CC1. The monoisotopic (exact) mass is 435 g/mol. The predicted octanol–water partition coefficient (Wildman–Crippen LogP) is 3.43. The number of para-hydroxylation sites is 1. The van der Waals surface area contributed by atoms with Gasteiger partial charge < -0.3 is 19.7 Å².